The van der Waals surface area contributed by atoms with E-state index in [4.69, 9.17) is 0 Å². The summed E-state index contributed by atoms with van der Waals surface area (Å²) in [6.45, 7) is 0. The van der Waals surface area contributed by atoms with Crippen molar-refractivity contribution in [2.75, 3.05) is 0 Å². The van der Waals surface area contributed by atoms with E-state index in [9.17, 15) is 0 Å². The van der Waals surface area contributed by atoms with Gasteiger partial charge in [-0.15, -0.1) is 15.6 Å². The summed E-state index contributed by atoms with van der Waals surface area (Å²) < 4.78 is 1.81. The van der Waals surface area contributed by atoms with Gasteiger partial charge in [0.05, 0.1) is 6.21 Å². The van der Waals surface area contributed by atoms with Gasteiger partial charge in [0.1, 0.15) is 6.33 Å². The lowest BCUT2D eigenvalue weighted by molar-refractivity contribution is 0.922. The number of hydrogen-bond acceptors (Lipinski definition) is 3. The van der Waals surface area contributed by atoms with E-state index in [-0.39, 0.29) is 0 Å². The molecule has 2 aromatic rings. The number of fused-ring (bicyclic) bond motifs is 3. The molecule has 0 saturated heterocycles. The normalized spacial score (nSPS) is 13.3. The topological polar surface area (TPSA) is 56.7 Å². The molecule has 57 valence electrons. The molecule has 0 spiro atoms. The molecule has 0 amide bonds. The Balaban J connectivity index is 2.49. The van der Waals surface area contributed by atoms with E-state index in [0.29, 0.717) is 0 Å². The van der Waals surface area contributed by atoms with Gasteiger partial charge in [-0.1, -0.05) is 0 Å². The Morgan fingerprint density at radius 3 is 3.25 bits per heavy atom. The zero-order valence-electron chi connectivity index (χ0n) is 6.05. The monoisotopic (exact) mass is 158 g/mol. The van der Waals surface area contributed by atoms with Crippen molar-refractivity contribution in [3.8, 4) is 0 Å². The average Bonchev–Trinajstić information content (AvgIpc) is 2.71. The molecule has 1 aliphatic heterocycles. The van der Waals surface area contributed by atoms with Crippen molar-refractivity contribution >= 4 is 17.7 Å². The fraction of sp³-hybridized carbons (Fsp3) is 0. The van der Waals surface area contributed by atoms with Crippen LogP contribution in [-0.2, 0) is 0 Å². The molecule has 0 aliphatic carbocycles. The molecule has 0 N–H and O–H groups in total. The highest BCUT2D eigenvalue weighted by molar-refractivity contribution is 5.88. The second kappa shape index (κ2) is 1.82. The largest absolute Gasteiger partial charge is 0.264 e. The van der Waals surface area contributed by atoms with Crippen molar-refractivity contribution in [2.24, 2.45) is 5.10 Å². The molecule has 0 fully saturated rings. The minimum Gasteiger partial charge on any atom is -0.264 e. The first-order chi connectivity index (χ1) is 5.95. The summed E-state index contributed by atoms with van der Waals surface area (Å²) in [4.78, 5) is 0. The van der Waals surface area contributed by atoms with Gasteiger partial charge in [-0.2, -0.15) is 5.10 Å². The molecular weight excluding hydrogens is 154 g/mol. The van der Waals surface area contributed by atoms with E-state index in [2.05, 4.69) is 20.7 Å². The molecule has 5 heteroatoms. The van der Waals surface area contributed by atoms with Gasteiger partial charge < -0.3 is 0 Å². The van der Waals surface area contributed by atoms with Crippen LogP contribution in [0.2, 0.25) is 0 Å². The Kier molecular flexibility index (Phi) is 0.864. The third-order valence-electron chi connectivity index (χ3n) is 1.82. The molecule has 3 rings (SSSR count). The van der Waals surface area contributed by atoms with E-state index in [0.717, 1.165) is 17.0 Å². The van der Waals surface area contributed by atoms with Crippen LogP contribution in [0, 0.1) is 0 Å². The zero-order valence-corrected chi connectivity index (χ0v) is 6.05. The van der Waals surface area contributed by atoms with Crippen LogP contribution in [0.25, 0.3) is 5.65 Å². The number of nitrogens with zero attached hydrogens (tertiary/aromatic N) is 5. The molecular formula is C7H4N5. The molecule has 1 aliphatic rings. The van der Waals surface area contributed by atoms with E-state index >= 15 is 0 Å². The molecule has 5 nitrogen and oxygen atoms in total. The van der Waals surface area contributed by atoms with E-state index < -0.39 is 0 Å². The van der Waals surface area contributed by atoms with Crippen molar-refractivity contribution < 1.29 is 0 Å². The summed E-state index contributed by atoms with van der Waals surface area (Å²) in [6, 6.07) is 3.82. The fourth-order valence-electron chi connectivity index (χ4n) is 1.25. The van der Waals surface area contributed by atoms with Crippen LogP contribution < -0.4 is 5.43 Å². The molecule has 0 unspecified atom stereocenters. The lowest BCUT2D eigenvalue weighted by Gasteiger charge is -1.97. The Morgan fingerprint density at radius 2 is 2.25 bits per heavy atom. The van der Waals surface area contributed by atoms with Gasteiger partial charge in [0.25, 0.3) is 0 Å². The van der Waals surface area contributed by atoms with Crippen LogP contribution in [0.3, 0.4) is 0 Å². The molecule has 2 aromatic heterocycles. The first-order valence-electron chi connectivity index (χ1n) is 3.52. The smallest absolute Gasteiger partial charge is 0.171 e. The summed E-state index contributed by atoms with van der Waals surface area (Å²) in [5.74, 6) is 0.803. The van der Waals surface area contributed by atoms with Gasteiger partial charge in [0.2, 0.25) is 0 Å². The molecule has 1 radical (unpaired) electrons. The van der Waals surface area contributed by atoms with Crippen molar-refractivity contribution in [1.29, 1.82) is 0 Å². The minimum atomic E-state index is 0.794. The van der Waals surface area contributed by atoms with Gasteiger partial charge in [0.15, 0.2) is 11.5 Å². The van der Waals surface area contributed by atoms with Crippen LogP contribution in [0.4, 0.5) is 5.82 Å². The first-order valence-corrected chi connectivity index (χ1v) is 3.52. The van der Waals surface area contributed by atoms with Crippen LogP contribution in [0.1, 0.15) is 5.56 Å². The molecule has 0 aromatic carbocycles. The standard InChI is InChI=1S/C7H4N5/c1-2-6-10-9-4-12(6)7-5(1)3-8-11-7/h1-4H. The molecule has 0 atom stereocenters. The van der Waals surface area contributed by atoms with Crippen LogP contribution >= 0.6 is 0 Å². The van der Waals surface area contributed by atoms with Crippen molar-refractivity contribution in [3.05, 3.63) is 24.0 Å². The lowest BCUT2D eigenvalue weighted by atomic mass is 10.3. The summed E-state index contributed by atoms with van der Waals surface area (Å²) in [7, 11) is 0. The maximum absolute atomic E-state index is 3.95. The highest BCUT2D eigenvalue weighted by atomic mass is 15.4. The fourth-order valence-corrected chi connectivity index (χ4v) is 1.25. The number of rotatable bonds is 0. The van der Waals surface area contributed by atoms with Crippen molar-refractivity contribution in [2.45, 2.75) is 0 Å². The number of pyridine rings is 1. The second-order valence-electron chi connectivity index (χ2n) is 2.52. The van der Waals surface area contributed by atoms with Crippen LogP contribution in [0.15, 0.2) is 23.6 Å². The molecule has 3 heterocycles. The van der Waals surface area contributed by atoms with Crippen molar-refractivity contribution in [3.63, 3.8) is 0 Å². The lowest BCUT2D eigenvalue weighted by Crippen LogP contribution is -1.93. The second-order valence-corrected chi connectivity index (χ2v) is 2.52. The van der Waals surface area contributed by atoms with Crippen molar-refractivity contribution in [1.82, 2.24) is 20.0 Å². The Morgan fingerprint density at radius 1 is 1.25 bits per heavy atom. The first kappa shape index (κ1) is 5.70. The van der Waals surface area contributed by atoms with E-state index in [1.807, 2.05) is 16.5 Å². The Labute approximate surface area is 67.7 Å². The number of hydrogen-bond donors (Lipinski definition) is 0. The predicted molar refractivity (Wildman–Crippen MR) is 42.4 cm³/mol. The highest BCUT2D eigenvalue weighted by Crippen LogP contribution is 2.19. The predicted octanol–water partition coefficient (Wildman–Crippen LogP) is 0.313. The van der Waals surface area contributed by atoms with E-state index in [1.165, 1.54) is 0 Å². The maximum atomic E-state index is 3.95. The molecule has 0 saturated carbocycles. The third-order valence-corrected chi connectivity index (χ3v) is 1.82. The SMILES string of the molecule is C1=N[N]c2c1ccc1nncn21. The summed E-state index contributed by atoms with van der Waals surface area (Å²) in [5, 5.41) is 11.5. The third kappa shape index (κ3) is 0.554. The van der Waals surface area contributed by atoms with Crippen LogP contribution in [0.5, 0.6) is 0 Å². The van der Waals surface area contributed by atoms with E-state index in [1.54, 1.807) is 12.5 Å². The summed E-state index contributed by atoms with van der Waals surface area (Å²) >= 11 is 0. The maximum Gasteiger partial charge on any atom is 0.171 e. The minimum absolute atomic E-state index is 0.794. The Hall–Kier alpha value is -1.91. The summed E-state index contributed by atoms with van der Waals surface area (Å²) in [5.41, 5.74) is 5.75. The van der Waals surface area contributed by atoms with Crippen LogP contribution in [-0.4, -0.2) is 20.8 Å². The summed E-state index contributed by atoms with van der Waals surface area (Å²) in [6.07, 6.45) is 3.35. The average molecular weight is 158 g/mol. The van der Waals surface area contributed by atoms with Gasteiger partial charge in [-0.05, 0) is 12.1 Å². The van der Waals surface area contributed by atoms with Gasteiger partial charge >= 0.3 is 0 Å². The van der Waals surface area contributed by atoms with Gasteiger partial charge in [-0.3, -0.25) is 4.40 Å². The highest BCUT2D eigenvalue weighted by Gasteiger charge is 2.11. The van der Waals surface area contributed by atoms with Gasteiger partial charge in [-0.25, -0.2) is 0 Å². The zero-order chi connectivity index (χ0) is 7.97. The Bertz CT molecular complexity index is 470. The molecule has 0 bridgehead atoms. The quantitative estimate of drug-likeness (QED) is 0.554. The number of aromatic nitrogens is 3. The molecule has 12 heavy (non-hydrogen) atoms. The van der Waals surface area contributed by atoms with Gasteiger partial charge in [0, 0.05) is 5.56 Å².